The van der Waals surface area contributed by atoms with Crippen molar-refractivity contribution in [2.45, 2.75) is 51.4 Å². The van der Waals surface area contributed by atoms with Crippen LogP contribution < -0.4 is 5.32 Å². The van der Waals surface area contributed by atoms with Gasteiger partial charge in [0.05, 0.1) is 11.7 Å². The van der Waals surface area contributed by atoms with Gasteiger partial charge in [-0.25, -0.2) is 4.98 Å². The zero-order chi connectivity index (χ0) is 20.8. The van der Waals surface area contributed by atoms with Crippen LogP contribution in [0.5, 0.6) is 5.75 Å². The van der Waals surface area contributed by atoms with Crippen LogP contribution in [0.15, 0.2) is 41.6 Å². The zero-order valence-corrected chi connectivity index (χ0v) is 17.1. The molecule has 4 rings (SSSR count). The molecule has 156 valence electrons. The minimum Gasteiger partial charge on any atom is -0.506 e. The summed E-state index contributed by atoms with van der Waals surface area (Å²) in [5.41, 5.74) is 6.18. The number of aryl methyl sites for hydroxylation is 2. The Morgan fingerprint density at radius 2 is 1.87 bits per heavy atom. The Morgan fingerprint density at radius 1 is 1.00 bits per heavy atom. The first-order valence-corrected chi connectivity index (χ1v) is 10.8. The molecule has 1 aliphatic rings. The van der Waals surface area contributed by atoms with E-state index in [9.17, 15) is 5.11 Å². The Kier molecular flexibility index (Phi) is 6.42. The Bertz CT molecular complexity index is 1050. The number of para-hydroxylation sites is 1. The van der Waals surface area contributed by atoms with Crippen molar-refractivity contribution in [3.63, 3.8) is 0 Å². The van der Waals surface area contributed by atoms with E-state index in [1.807, 2.05) is 6.07 Å². The molecule has 0 saturated carbocycles. The predicted molar refractivity (Wildman–Crippen MR) is 120 cm³/mol. The van der Waals surface area contributed by atoms with E-state index in [0.717, 1.165) is 56.1 Å². The molecule has 30 heavy (non-hydrogen) atoms. The molecular weight excluding hydrogens is 376 g/mol. The van der Waals surface area contributed by atoms with Crippen molar-refractivity contribution in [3.05, 3.63) is 59.0 Å². The monoisotopic (exact) mass is 404 g/mol. The molecule has 3 N–H and O–H groups in total. The van der Waals surface area contributed by atoms with Gasteiger partial charge in [-0.2, -0.15) is 0 Å². The van der Waals surface area contributed by atoms with Crippen LogP contribution in [-0.4, -0.2) is 33.0 Å². The summed E-state index contributed by atoms with van der Waals surface area (Å²) in [4.78, 5) is 9.29. The van der Waals surface area contributed by atoms with E-state index in [1.54, 1.807) is 6.07 Å². The first-order chi connectivity index (χ1) is 14.8. The summed E-state index contributed by atoms with van der Waals surface area (Å²) in [6.07, 6.45) is 9.85. The third-order valence-electron chi connectivity index (χ3n) is 5.72. The summed E-state index contributed by atoms with van der Waals surface area (Å²) in [6, 6.07) is 11.8. The number of pyridine rings is 2. The molecule has 6 nitrogen and oxygen atoms in total. The van der Waals surface area contributed by atoms with Crippen LogP contribution in [0.3, 0.4) is 0 Å². The van der Waals surface area contributed by atoms with Crippen LogP contribution in [0.4, 0.5) is 5.69 Å². The number of nitrogens with one attached hydrogen (secondary N) is 1. The maximum atomic E-state index is 9.73. The molecule has 6 heteroatoms. The number of aromatic nitrogens is 2. The van der Waals surface area contributed by atoms with E-state index in [-0.39, 0.29) is 5.75 Å². The van der Waals surface area contributed by atoms with Crippen LogP contribution in [0.2, 0.25) is 0 Å². The van der Waals surface area contributed by atoms with E-state index in [2.05, 4.69) is 39.7 Å². The number of anilines is 1. The Labute approximate surface area is 176 Å². The molecule has 2 aromatic heterocycles. The van der Waals surface area contributed by atoms with E-state index in [1.165, 1.54) is 41.6 Å². The predicted octanol–water partition coefficient (Wildman–Crippen LogP) is 4.85. The first-order valence-electron chi connectivity index (χ1n) is 10.8. The van der Waals surface area contributed by atoms with Crippen LogP contribution in [0, 0.1) is 0 Å². The lowest BCUT2D eigenvalue weighted by Gasteiger charge is -2.17. The summed E-state index contributed by atoms with van der Waals surface area (Å²) in [5, 5.41) is 26.3. The molecule has 0 amide bonds. The summed E-state index contributed by atoms with van der Waals surface area (Å²) < 4.78 is 0. The highest BCUT2D eigenvalue weighted by atomic mass is 16.4. The molecule has 0 fully saturated rings. The number of nitrogens with zero attached hydrogens (tertiary/aromatic N) is 3. The fourth-order valence-electron chi connectivity index (χ4n) is 4.19. The van der Waals surface area contributed by atoms with E-state index < -0.39 is 0 Å². The molecule has 0 bridgehead atoms. The average Bonchev–Trinajstić information content (AvgIpc) is 3.00. The average molecular weight is 405 g/mol. The molecule has 1 aromatic carbocycles. The number of fused-ring (bicyclic) bond motifs is 2. The number of benzene rings is 1. The van der Waals surface area contributed by atoms with Gasteiger partial charge in [0.25, 0.3) is 0 Å². The molecule has 0 radical (unpaired) electrons. The maximum absolute atomic E-state index is 9.73. The normalized spacial score (nSPS) is 14.0. The van der Waals surface area contributed by atoms with Gasteiger partial charge in [0, 0.05) is 29.0 Å². The first kappa shape index (κ1) is 20.1. The highest BCUT2D eigenvalue weighted by molar-refractivity contribution is 5.93. The van der Waals surface area contributed by atoms with E-state index in [4.69, 9.17) is 10.2 Å². The van der Waals surface area contributed by atoms with Crippen molar-refractivity contribution < 1.29 is 10.3 Å². The second-order valence-electron chi connectivity index (χ2n) is 7.83. The van der Waals surface area contributed by atoms with Crippen molar-refractivity contribution >= 4 is 22.8 Å². The zero-order valence-electron chi connectivity index (χ0n) is 17.1. The van der Waals surface area contributed by atoms with Gasteiger partial charge in [-0.15, -0.1) is 0 Å². The fraction of sp³-hybridized carbons (Fsp3) is 0.375. The van der Waals surface area contributed by atoms with Gasteiger partial charge in [0.1, 0.15) is 11.4 Å². The number of rotatable bonds is 7. The van der Waals surface area contributed by atoms with Crippen LogP contribution >= 0.6 is 0 Å². The SMILES string of the molecule is O/N=C\c1nc(CCCCNc2c3c(nc4ccccc24)CCCCC3)ccc1O. The molecule has 0 unspecified atom stereocenters. The molecule has 2 heterocycles. The van der Waals surface area contributed by atoms with Crippen molar-refractivity contribution in [1.82, 2.24) is 9.97 Å². The van der Waals surface area contributed by atoms with Gasteiger partial charge < -0.3 is 15.6 Å². The number of hydrogen-bond acceptors (Lipinski definition) is 6. The second-order valence-corrected chi connectivity index (χ2v) is 7.83. The third-order valence-corrected chi connectivity index (χ3v) is 5.72. The molecular formula is C24H28N4O2. The lowest BCUT2D eigenvalue weighted by atomic mass is 10.0. The van der Waals surface area contributed by atoms with Gasteiger partial charge in [0.2, 0.25) is 0 Å². The minimum absolute atomic E-state index is 0.0171. The number of hydrogen-bond donors (Lipinski definition) is 3. The van der Waals surface area contributed by atoms with Gasteiger partial charge in [-0.3, -0.25) is 4.98 Å². The topological polar surface area (TPSA) is 90.6 Å². The second kappa shape index (κ2) is 9.57. The van der Waals surface area contributed by atoms with E-state index in [0.29, 0.717) is 5.69 Å². The van der Waals surface area contributed by atoms with Gasteiger partial charge in [-0.05, 0) is 68.7 Å². The molecule has 1 aliphatic carbocycles. The number of unbranched alkanes of at least 4 members (excludes halogenated alkanes) is 1. The van der Waals surface area contributed by atoms with Crippen molar-refractivity contribution in [2.75, 3.05) is 11.9 Å². The maximum Gasteiger partial charge on any atom is 0.142 e. The van der Waals surface area contributed by atoms with Crippen molar-refractivity contribution in [1.29, 1.82) is 0 Å². The van der Waals surface area contributed by atoms with Gasteiger partial charge in [0.15, 0.2) is 0 Å². The highest BCUT2D eigenvalue weighted by Gasteiger charge is 2.16. The Morgan fingerprint density at radius 3 is 2.77 bits per heavy atom. The fourth-order valence-corrected chi connectivity index (χ4v) is 4.19. The largest absolute Gasteiger partial charge is 0.506 e. The number of aromatic hydroxyl groups is 1. The van der Waals surface area contributed by atoms with Crippen molar-refractivity contribution in [3.8, 4) is 5.75 Å². The van der Waals surface area contributed by atoms with Gasteiger partial charge >= 0.3 is 0 Å². The third kappa shape index (κ3) is 4.53. The number of oxime groups is 1. The summed E-state index contributed by atoms with van der Waals surface area (Å²) >= 11 is 0. The molecule has 0 atom stereocenters. The van der Waals surface area contributed by atoms with Crippen LogP contribution in [0.25, 0.3) is 10.9 Å². The lowest BCUT2D eigenvalue weighted by molar-refractivity contribution is 0.321. The highest BCUT2D eigenvalue weighted by Crippen LogP contribution is 2.32. The van der Waals surface area contributed by atoms with Crippen LogP contribution in [-0.2, 0) is 19.3 Å². The summed E-state index contributed by atoms with van der Waals surface area (Å²) in [6.45, 7) is 0.892. The molecule has 0 saturated heterocycles. The lowest BCUT2D eigenvalue weighted by Crippen LogP contribution is -2.09. The molecule has 0 spiro atoms. The quantitative estimate of drug-likeness (QED) is 0.172. The molecule has 3 aromatic rings. The summed E-state index contributed by atoms with van der Waals surface area (Å²) in [5.74, 6) is 0.0171. The van der Waals surface area contributed by atoms with Crippen LogP contribution in [0.1, 0.15) is 54.7 Å². The van der Waals surface area contributed by atoms with E-state index >= 15 is 0 Å². The smallest absolute Gasteiger partial charge is 0.142 e. The van der Waals surface area contributed by atoms with Crippen molar-refractivity contribution in [2.24, 2.45) is 5.16 Å². The minimum atomic E-state index is 0.0171. The Hall–Kier alpha value is -3.15. The standard InChI is InChI=1S/C24H28N4O2/c29-23-14-13-17(27-22(23)16-26-30)8-6-7-15-25-24-18-9-2-1-3-11-20(18)28-21-12-5-4-10-19(21)24/h4-5,10,12-14,16,29-30H,1-3,6-9,11,15H2,(H,25,28)/b26-16-. The van der Waals surface area contributed by atoms with Gasteiger partial charge in [-0.1, -0.05) is 29.8 Å². The molecule has 0 aliphatic heterocycles. The Balaban J connectivity index is 1.42. The summed E-state index contributed by atoms with van der Waals surface area (Å²) in [7, 11) is 0.